The highest BCUT2D eigenvalue weighted by Gasteiger charge is 2.41. The Morgan fingerprint density at radius 2 is 1.92 bits per heavy atom. The molecule has 1 atom stereocenters. The molecule has 198 valence electrons. The fraction of sp³-hybridized carbons (Fsp3) is 0.308. The van der Waals surface area contributed by atoms with E-state index in [1.807, 2.05) is 6.92 Å². The molecule has 0 amide bonds. The molecule has 1 aliphatic carbocycles. The smallest absolute Gasteiger partial charge is 0.305 e. The van der Waals surface area contributed by atoms with Gasteiger partial charge in [0.25, 0.3) is 0 Å². The number of nitrogens with zero attached hydrogens (tertiary/aromatic N) is 4. The molecule has 0 aliphatic heterocycles. The molecule has 1 aromatic carbocycles. The van der Waals surface area contributed by atoms with E-state index in [2.05, 4.69) is 20.3 Å². The van der Waals surface area contributed by atoms with Crippen molar-refractivity contribution < 1.29 is 27.1 Å². The molecule has 1 saturated carbocycles. The van der Waals surface area contributed by atoms with Crippen molar-refractivity contribution in [3.05, 3.63) is 72.2 Å². The normalized spacial score (nSPS) is 15.7. The van der Waals surface area contributed by atoms with Gasteiger partial charge >= 0.3 is 5.97 Å². The lowest BCUT2D eigenvalue weighted by molar-refractivity contribution is -0.138. The van der Waals surface area contributed by atoms with E-state index in [9.17, 15) is 27.1 Å². The maximum absolute atomic E-state index is 14.8. The summed E-state index contributed by atoms with van der Waals surface area (Å²) in [4.78, 5) is 23.8. The van der Waals surface area contributed by atoms with Crippen LogP contribution in [0.15, 0.2) is 55.0 Å². The standard InChI is InChI=1S/C26H25F2N5O4S/c1-26(8-5-9-26)21(11-22(34)35)31-24-20(28)13-29-23(32-24)19-14-33(25-18(19)10-17(27)12-30-25)38(36,37)15-16-6-3-2-4-7-16/h2-4,6-7,10,12-14,21H,5,8-9,11,15H2,1H3,(H,34,35)(H,29,31,32). The lowest BCUT2D eigenvalue weighted by Crippen LogP contribution is -2.45. The Balaban J connectivity index is 1.57. The Morgan fingerprint density at radius 3 is 2.58 bits per heavy atom. The Morgan fingerprint density at radius 1 is 1.18 bits per heavy atom. The Kier molecular flexibility index (Phi) is 6.59. The number of rotatable bonds is 9. The predicted molar refractivity (Wildman–Crippen MR) is 137 cm³/mol. The molecule has 4 aromatic rings. The highest BCUT2D eigenvalue weighted by molar-refractivity contribution is 7.89. The average molecular weight is 542 g/mol. The summed E-state index contributed by atoms with van der Waals surface area (Å²) in [5, 5.41) is 12.5. The van der Waals surface area contributed by atoms with Crippen LogP contribution < -0.4 is 5.32 Å². The van der Waals surface area contributed by atoms with Crippen molar-refractivity contribution in [2.45, 2.75) is 44.4 Å². The molecule has 5 rings (SSSR count). The molecule has 12 heteroatoms. The van der Waals surface area contributed by atoms with Crippen LogP contribution in [0.4, 0.5) is 14.6 Å². The van der Waals surface area contributed by atoms with E-state index < -0.39 is 33.7 Å². The number of aliphatic carboxylic acids is 1. The van der Waals surface area contributed by atoms with Gasteiger partial charge in [-0.05, 0) is 29.9 Å². The van der Waals surface area contributed by atoms with E-state index in [1.54, 1.807) is 30.3 Å². The molecule has 1 fully saturated rings. The quantitative estimate of drug-likeness (QED) is 0.315. The summed E-state index contributed by atoms with van der Waals surface area (Å²) in [7, 11) is -3.98. The number of aromatic nitrogens is 4. The van der Waals surface area contributed by atoms with Crippen molar-refractivity contribution >= 4 is 32.8 Å². The predicted octanol–water partition coefficient (Wildman–Crippen LogP) is 4.60. The van der Waals surface area contributed by atoms with Crippen LogP contribution in [0.3, 0.4) is 0 Å². The van der Waals surface area contributed by atoms with Crippen LogP contribution in [0.1, 0.15) is 38.2 Å². The molecule has 1 aliphatic rings. The summed E-state index contributed by atoms with van der Waals surface area (Å²) in [6.07, 6.45) is 5.36. The molecule has 0 radical (unpaired) electrons. The van der Waals surface area contributed by atoms with E-state index in [0.717, 1.165) is 41.7 Å². The van der Waals surface area contributed by atoms with E-state index in [0.29, 0.717) is 5.56 Å². The minimum Gasteiger partial charge on any atom is -0.481 e. The second kappa shape index (κ2) is 9.75. The number of carboxylic acid groups (broad SMARTS) is 1. The van der Waals surface area contributed by atoms with E-state index >= 15 is 0 Å². The minimum atomic E-state index is -3.98. The van der Waals surface area contributed by atoms with Crippen LogP contribution in [-0.2, 0) is 20.6 Å². The molecular weight excluding hydrogens is 516 g/mol. The lowest BCUT2D eigenvalue weighted by Gasteiger charge is -2.45. The van der Waals surface area contributed by atoms with Crippen LogP contribution in [0.2, 0.25) is 0 Å². The fourth-order valence-corrected chi connectivity index (χ4v) is 6.22. The van der Waals surface area contributed by atoms with E-state index in [1.165, 1.54) is 6.20 Å². The topological polar surface area (TPSA) is 127 Å². The Hall–Kier alpha value is -3.93. The minimum absolute atomic E-state index is 0.0227. The molecule has 3 heterocycles. The van der Waals surface area contributed by atoms with Gasteiger partial charge in [-0.25, -0.2) is 36.1 Å². The van der Waals surface area contributed by atoms with Crippen molar-refractivity contribution in [3.8, 4) is 11.4 Å². The monoisotopic (exact) mass is 541 g/mol. The summed E-state index contributed by atoms with van der Waals surface area (Å²) in [6.45, 7) is 1.94. The van der Waals surface area contributed by atoms with Gasteiger partial charge in [0, 0.05) is 23.2 Å². The molecule has 0 bridgehead atoms. The van der Waals surface area contributed by atoms with Crippen LogP contribution in [0, 0.1) is 17.0 Å². The van der Waals surface area contributed by atoms with Crippen LogP contribution in [-0.4, -0.2) is 44.5 Å². The maximum atomic E-state index is 14.8. The zero-order valence-corrected chi connectivity index (χ0v) is 21.3. The van der Waals surface area contributed by atoms with Crippen molar-refractivity contribution in [1.29, 1.82) is 0 Å². The van der Waals surface area contributed by atoms with Gasteiger partial charge in [0.2, 0.25) is 10.0 Å². The molecule has 38 heavy (non-hydrogen) atoms. The number of anilines is 1. The van der Waals surface area contributed by atoms with Gasteiger partial charge in [0.15, 0.2) is 23.1 Å². The number of pyridine rings is 1. The largest absolute Gasteiger partial charge is 0.481 e. The third-order valence-corrected chi connectivity index (χ3v) is 8.66. The first-order valence-electron chi connectivity index (χ1n) is 12.0. The molecule has 3 aromatic heterocycles. The molecule has 0 spiro atoms. The number of nitrogens with one attached hydrogen (secondary N) is 1. The summed E-state index contributed by atoms with van der Waals surface area (Å²) in [5.41, 5.74) is 0.322. The van der Waals surface area contributed by atoms with Crippen LogP contribution >= 0.6 is 0 Å². The van der Waals surface area contributed by atoms with E-state index in [4.69, 9.17) is 0 Å². The fourth-order valence-electron chi connectivity index (χ4n) is 4.79. The average Bonchev–Trinajstić information content (AvgIpc) is 3.23. The van der Waals surface area contributed by atoms with Gasteiger partial charge in [0.1, 0.15) is 5.82 Å². The van der Waals surface area contributed by atoms with Gasteiger partial charge in [0.05, 0.1) is 24.6 Å². The van der Waals surface area contributed by atoms with Crippen molar-refractivity contribution in [2.24, 2.45) is 5.41 Å². The van der Waals surface area contributed by atoms with Crippen molar-refractivity contribution in [2.75, 3.05) is 5.32 Å². The highest BCUT2D eigenvalue weighted by atomic mass is 32.2. The van der Waals surface area contributed by atoms with Gasteiger partial charge in [-0.3, -0.25) is 4.79 Å². The first kappa shape index (κ1) is 25.7. The molecule has 1 unspecified atom stereocenters. The number of fused-ring (bicyclic) bond motifs is 1. The summed E-state index contributed by atoms with van der Waals surface area (Å²) < 4.78 is 56.6. The Labute approximate surface area is 217 Å². The second-order valence-electron chi connectivity index (χ2n) is 9.80. The van der Waals surface area contributed by atoms with Gasteiger partial charge in [-0.2, -0.15) is 0 Å². The highest BCUT2D eigenvalue weighted by Crippen LogP contribution is 2.45. The molecule has 9 nitrogen and oxygen atoms in total. The van der Waals surface area contributed by atoms with Gasteiger partial charge in [-0.1, -0.05) is 43.7 Å². The third kappa shape index (κ3) is 4.95. The first-order chi connectivity index (χ1) is 18.1. The van der Waals surface area contributed by atoms with Crippen molar-refractivity contribution in [1.82, 2.24) is 18.9 Å². The molecular formula is C26H25F2N5O4S. The zero-order chi connectivity index (χ0) is 27.1. The Bertz CT molecular complexity index is 1620. The summed E-state index contributed by atoms with van der Waals surface area (Å²) >= 11 is 0. The SMILES string of the molecule is CC1(C(CC(=O)O)Nc2nc(-c3cn(S(=O)(=O)Cc4ccccc4)c4ncc(F)cc34)ncc2F)CCC1. The number of benzene rings is 1. The maximum Gasteiger partial charge on any atom is 0.305 e. The number of hydrogen-bond acceptors (Lipinski definition) is 7. The van der Waals surface area contributed by atoms with Crippen LogP contribution in [0.5, 0.6) is 0 Å². The van der Waals surface area contributed by atoms with E-state index in [-0.39, 0.29) is 45.8 Å². The van der Waals surface area contributed by atoms with Crippen molar-refractivity contribution in [3.63, 3.8) is 0 Å². The number of halogens is 2. The summed E-state index contributed by atoms with van der Waals surface area (Å²) in [5.74, 6) is -3.13. The first-order valence-corrected chi connectivity index (χ1v) is 13.6. The number of hydrogen-bond donors (Lipinski definition) is 2. The van der Waals surface area contributed by atoms with Gasteiger partial charge < -0.3 is 10.4 Å². The lowest BCUT2D eigenvalue weighted by atomic mass is 9.64. The third-order valence-electron chi connectivity index (χ3n) is 7.08. The zero-order valence-electron chi connectivity index (χ0n) is 20.4. The summed E-state index contributed by atoms with van der Waals surface area (Å²) in [6, 6.07) is 9.10. The second-order valence-corrected chi connectivity index (χ2v) is 11.6. The molecule has 0 saturated heterocycles. The number of carbonyl (C=O) groups is 1. The molecule has 2 N–H and O–H groups in total. The van der Waals surface area contributed by atoms with Gasteiger partial charge in [-0.15, -0.1) is 0 Å². The van der Waals surface area contributed by atoms with Crippen LogP contribution in [0.25, 0.3) is 22.4 Å². The number of carboxylic acids is 1.